The van der Waals surface area contributed by atoms with Crippen molar-refractivity contribution in [2.24, 2.45) is 18.4 Å². The number of carbonyl (C=O) groups is 1. The summed E-state index contributed by atoms with van der Waals surface area (Å²) < 4.78 is 7.20. The molecule has 1 spiro atoms. The fraction of sp³-hybridized carbons (Fsp3) is 0.667. The van der Waals surface area contributed by atoms with Gasteiger partial charge in [-0.05, 0) is 82.8 Å². The van der Waals surface area contributed by atoms with Crippen molar-refractivity contribution in [3.8, 4) is 0 Å². The summed E-state index contributed by atoms with van der Waals surface area (Å²) in [6.07, 6.45) is 6.75. The first-order valence-electron chi connectivity index (χ1n) is 11.4. The molecule has 1 aromatic carbocycles. The van der Waals surface area contributed by atoms with E-state index in [0.717, 1.165) is 36.1 Å². The predicted octanol–water partition coefficient (Wildman–Crippen LogP) is 4.48. The summed E-state index contributed by atoms with van der Waals surface area (Å²) in [6, 6.07) is 6.24. The molecule has 0 bridgehead atoms. The number of H-pyrrole nitrogens is 1. The van der Waals surface area contributed by atoms with Crippen LogP contribution >= 0.6 is 0 Å². The largest absolute Gasteiger partial charge is 0.444 e. The Labute approximate surface area is 184 Å². The molecule has 31 heavy (non-hydrogen) atoms. The second-order valence-corrected chi connectivity index (χ2v) is 10.7. The summed E-state index contributed by atoms with van der Waals surface area (Å²) in [5, 5.41) is 3.58. The number of benzene rings is 1. The highest BCUT2D eigenvalue weighted by Crippen LogP contribution is 2.55. The Balaban J connectivity index is 1.27. The summed E-state index contributed by atoms with van der Waals surface area (Å²) in [5.74, 6) is 0.659. The van der Waals surface area contributed by atoms with Crippen LogP contribution in [0, 0.1) is 11.3 Å². The number of aromatic amines is 1. The first-order chi connectivity index (χ1) is 14.6. The van der Waals surface area contributed by atoms with Crippen molar-refractivity contribution in [2.75, 3.05) is 18.9 Å². The fourth-order valence-electron chi connectivity index (χ4n) is 5.51. The molecule has 2 aliphatic carbocycles. The molecule has 7 heteroatoms. The minimum atomic E-state index is -0.452. The van der Waals surface area contributed by atoms with Gasteiger partial charge in [0.15, 0.2) is 0 Å². The molecule has 2 fully saturated rings. The zero-order valence-electron chi connectivity index (χ0n) is 19.5. The number of anilines is 1. The van der Waals surface area contributed by atoms with Crippen molar-refractivity contribution in [1.82, 2.24) is 14.5 Å². The van der Waals surface area contributed by atoms with Gasteiger partial charge in [-0.25, -0.2) is 9.59 Å². The minimum absolute atomic E-state index is 0.0834. The number of aryl methyl sites for hydroxylation is 1. The van der Waals surface area contributed by atoms with Crippen molar-refractivity contribution >= 4 is 22.8 Å². The fourth-order valence-corrected chi connectivity index (χ4v) is 5.51. The van der Waals surface area contributed by atoms with E-state index in [1.165, 1.54) is 25.7 Å². The number of hydrogen-bond donors (Lipinski definition) is 2. The number of fused-ring (bicyclic) bond motifs is 1. The van der Waals surface area contributed by atoms with E-state index < -0.39 is 5.60 Å². The maximum atomic E-state index is 12.4. The summed E-state index contributed by atoms with van der Waals surface area (Å²) in [7, 11) is 3.68. The van der Waals surface area contributed by atoms with Crippen LogP contribution in [-0.2, 0) is 11.8 Å². The van der Waals surface area contributed by atoms with Crippen molar-refractivity contribution in [3.63, 3.8) is 0 Å². The SMILES string of the molecule is CN(C(=O)OC(C)(C)C)C1CCC2(CC1)CC(CNc1cccc3[nH]c(=O)n(C)c13)C2. The molecule has 1 amide bonds. The summed E-state index contributed by atoms with van der Waals surface area (Å²) in [6.45, 7) is 6.66. The van der Waals surface area contributed by atoms with E-state index in [1.54, 1.807) is 16.5 Å². The highest BCUT2D eigenvalue weighted by Gasteiger charge is 2.46. The van der Waals surface area contributed by atoms with Gasteiger partial charge >= 0.3 is 11.8 Å². The average Bonchev–Trinajstić information content (AvgIpc) is 2.97. The normalized spacial score (nSPS) is 26.0. The van der Waals surface area contributed by atoms with Crippen LogP contribution < -0.4 is 11.0 Å². The maximum Gasteiger partial charge on any atom is 0.410 e. The van der Waals surface area contributed by atoms with Crippen LogP contribution in [0.25, 0.3) is 11.0 Å². The number of rotatable bonds is 4. The molecule has 2 aromatic rings. The monoisotopic (exact) mass is 428 g/mol. The minimum Gasteiger partial charge on any atom is -0.444 e. The average molecular weight is 429 g/mol. The molecule has 1 aromatic heterocycles. The number of ether oxygens (including phenoxy) is 1. The first-order valence-corrected chi connectivity index (χ1v) is 11.4. The Kier molecular flexibility index (Phi) is 5.56. The van der Waals surface area contributed by atoms with Gasteiger partial charge in [-0.15, -0.1) is 0 Å². The van der Waals surface area contributed by atoms with Gasteiger partial charge in [0, 0.05) is 26.7 Å². The Morgan fingerprint density at radius 2 is 1.97 bits per heavy atom. The molecule has 0 unspecified atom stereocenters. The van der Waals surface area contributed by atoms with E-state index >= 15 is 0 Å². The number of carbonyl (C=O) groups excluding carboxylic acids is 1. The third-order valence-corrected chi connectivity index (χ3v) is 7.19. The molecule has 0 radical (unpaired) electrons. The number of nitrogens with zero attached hydrogens (tertiary/aromatic N) is 2. The van der Waals surface area contributed by atoms with E-state index in [4.69, 9.17) is 4.74 Å². The molecule has 170 valence electrons. The molecule has 0 saturated heterocycles. The summed E-state index contributed by atoms with van der Waals surface area (Å²) >= 11 is 0. The van der Waals surface area contributed by atoms with E-state index in [0.29, 0.717) is 11.3 Å². The van der Waals surface area contributed by atoms with Gasteiger partial charge in [0.25, 0.3) is 0 Å². The lowest BCUT2D eigenvalue weighted by molar-refractivity contribution is -0.0161. The molecule has 7 nitrogen and oxygen atoms in total. The van der Waals surface area contributed by atoms with E-state index in [9.17, 15) is 9.59 Å². The van der Waals surface area contributed by atoms with Crippen LogP contribution in [0.3, 0.4) is 0 Å². The quantitative estimate of drug-likeness (QED) is 0.752. The molecular weight excluding hydrogens is 392 g/mol. The van der Waals surface area contributed by atoms with Crippen LogP contribution in [-0.4, -0.2) is 45.8 Å². The molecule has 4 rings (SSSR count). The highest BCUT2D eigenvalue weighted by molar-refractivity contribution is 5.88. The lowest BCUT2D eigenvalue weighted by Gasteiger charge is -2.52. The van der Waals surface area contributed by atoms with Gasteiger partial charge < -0.3 is 19.9 Å². The van der Waals surface area contributed by atoms with Gasteiger partial charge in [-0.3, -0.25) is 4.57 Å². The molecule has 1 heterocycles. The molecule has 2 saturated carbocycles. The van der Waals surface area contributed by atoms with Crippen molar-refractivity contribution in [1.29, 1.82) is 0 Å². The summed E-state index contributed by atoms with van der Waals surface area (Å²) in [5.41, 5.74) is 2.74. The van der Waals surface area contributed by atoms with Gasteiger partial charge in [0.1, 0.15) is 5.60 Å². The third kappa shape index (κ3) is 4.46. The summed E-state index contributed by atoms with van der Waals surface area (Å²) in [4.78, 5) is 29.0. The molecule has 2 aliphatic rings. The number of amides is 1. The Hall–Kier alpha value is -2.44. The van der Waals surface area contributed by atoms with Crippen molar-refractivity contribution in [3.05, 3.63) is 28.7 Å². The lowest BCUT2D eigenvalue weighted by Crippen LogP contribution is -2.48. The van der Waals surface area contributed by atoms with Crippen LogP contribution in [0.15, 0.2) is 23.0 Å². The Bertz CT molecular complexity index is 1000. The number of aromatic nitrogens is 2. The van der Waals surface area contributed by atoms with Gasteiger partial charge in [0.05, 0.1) is 16.7 Å². The molecule has 0 aliphatic heterocycles. The highest BCUT2D eigenvalue weighted by atomic mass is 16.6. The van der Waals surface area contributed by atoms with Crippen LogP contribution in [0.4, 0.5) is 10.5 Å². The molecular formula is C24H36N4O3. The van der Waals surface area contributed by atoms with E-state index in [1.807, 2.05) is 46.0 Å². The van der Waals surface area contributed by atoms with E-state index in [-0.39, 0.29) is 17.8 Å². The van der Waals surface area contributed by atoms with E-state index in [2.05, 4.69) is 10.3 Å². The second kappa shape index (κ2) is 7.92. The lowest BCUT2D eigenvalue weighted by atomic mass is 9.55. The molecule has 0 atom stereocenters. The zero-order valence-corrected chi connectivity index (χ0v) is 19.5. The van der Waals surface area contributed by atoms with Crippen molar-refractivity contribution < 1.29 is 9.53 Å². The molecule has 2 N–H and O–H groups in total. The number of para-hydroxylation sites is 1. The topological polar surface area (TPSA) is 79.4 Å². The maximum absolute atomic E-state index is 12.4. The predicted molar refractivity (Wildman–Crippen MR) is 123 cm³/mol. The number of imidazole rings is 1. The third-order valence-electron chi connectivity index (χ3n) is 7.19. The van der Waals surface area contributed by atoms with Gasteiger partial charge in [0.2, 0.25) is 0 Å². The number of nitrogens with one attached hydrogen (secondary N) is 2. The standard InChI is InChI=1S/C24H36N4O3/c1-23(2,3)31-22(30)27(4)17-9-11-24(12-10-17)13-16(14-24)15-25-18-7-6-8-19-20(18)28(5)21(29)26-19/h6-8,16-17,25H,9-15H2,1-5H3,(H,26,29). The van der Waals surface area contributed by atoms with Crippen LogP contribution in [0.2, 0.25) is 0 Å². The van der Waals surface area contributed by atoms with Gasteiger partial charge in [-0.2, -0.15) is 0 Å². The Morgan fingerprint density at radius 3 is 2.61 bits per heavy atom. The Morgan fingerprint density at radius 1 is 1.29 bits per heavy atom. The van der Waals surface area contributed by atoms with Crippen molar-refractivity contribution in [2.45, 2.75) is 70.9 Å². The number of hydrogen-bond acceptors (Lipinski definition) is 4. The smallest absolute Gasteiger partial charge is 0.410 e. The van der Waals surface area contributed by atoms with Crippen LogP contribution in [0.5, 0.6) is 0 Å². The zero-order chi connectivity index (χ0) is 22.4. The first kappa shape index (κ1) is 21.8. The second-order valence-electron chi connectivity index (χ2n) is 10.7. The van der Waals surface area contributed by atoms with Crippen LogP contribution in [0.1, 0.15) is 59.3 Å². The van der Waals surface area contributed by atoms with Gasteiger partial charge in [-0.1, -0.05) is 6.07 Å².